The Morgan fingerprint density at radius 2 is 2.50 bits per heavy atom. The number of amides is 1. The standard InChI is InChI=1S/C6H10ClNO2/c7-2-1-3-8-5-10-4-6(8)9/h1-5H2. The van der Waals surface area contributed by atoms with Crippen molar-refractivity contribution in [3.63, 3.8) is 0 Å². The van der Waals surface area contributed by atoms with E-state index in [4.69, 9.17) is 16.3 Å². The van der Waals surface area contributed by atoms with Crippen LogP contribution in [0, 0.1) is 0 Å². The number of halogens is 1. The molecule has 1 fully saturated rings. The predicted octanol–water partition coefficient (Wildman–Crippen LogP) is 0.432. The summed E-state index contributed by atoms with van der Waals surface area (Å²) in [6.07, 6.45) is 0.844. The van der Waals surface area contributed by atoms with Crippen molar-refractivity contribution in [1.82, 2.24) is 4.90 Å². The maximum Gasteiger partial charge on any atom is 0.250 e. The van der Waals surface area contributed by atoms with Crippen LogP contribution in [0.4, 0.5) is 0 Å². The van der Waals surface area contributed by atoms with Gasteiger partial charge in [-0.05, 0) is 6.42 Å². The molecule has 1 saturated heterocycles. The summed E-state index contributed by atoms with van der Waals surface area (Å²) in [7, 11) is 0. The first-order chi connectivity index (χ1) is 4.84. The Bertz CT molecular complexity index is 129. The van der Waals surface area contributed by atoms with Crippen molar-refractivity contribution in [1.29, 1.82) is 0 Å². The second kappa shape index (κ2) is 3.78. The molecule has 3 nitrogen and oxygen atoms in total. The van der Waals surface area contributed by atoms with Crippen LogP contribution in [0.5, 0.6) is 0 Å². The van der Waals surface area contributed by atoms with Gasteiger partial charge in [0.05, 0.1) is 0 Å². The van der Waals surface area contributed by atoms with E-state index in [0.29, 0.717) is 12.6 Å². The molecule has 4 heteroatoms. The molecule has 0 aromatic rings. The largest absolute Gasteiger partial charge is 0.351 e. The zero-order valence-electron chi connectivity index (χ0n) is 5.68. The van der Waals surface area contributed by atoms with Crippen molar-refractivity contribution >= 4 is 17.5 Å². The Hall–Kier alpha value is -0.280. The van der Waals surface area contributed by atoms with E-state index in [-0.39, 0.29) is 12.5 Å². The molecule has 10 heavy (non-hydrogen) atoms. The topological polar surface area (TPSA) is 29.5 Å². The summed E-state index contributed by atoms with van der Waals surface area (Å²) in [4.78, 5) is 12.5. The minimum atomic E-state index is 0.0742. The molecule has 0 N–H and O–H groups in total. The zero-order chi connectivity index (χ0) is 7.40. The summed E-state index contributed by atoms with van der Waals surface area (Å²) >= 11 is 5.45. The number of nitrogens with zero attached hydrogens (tertiary/aromatic N) is 1. The highest BCUT2D eigenvalue weighted by atomic mass is 35.5. The highest BCUT2D eigenvalue weighted by molar-refractivity contribution is 6.17. The van der Waals surface area contributed by atoms with Gasteiger partial charge in [0.15, 0.2) is 0 Å². The van der Waals surface area contributed by atoms with Crippen LogP contribution in [0.1, 0.15) is 6.42 Å². The Morgan fingerprint density at radius 1 is 1.70 bits per heavy atom. The average Bonchev–Trinajstić information content (AvgIpc) is 2.31. The lowest BCUT2D eigenvalue weighted by Gasteiger charge is -2.11. The van der Waals surface area contributed by atoms with Crippen LogP contribution >= 0.6 is 11.6 Å². The third-order valence-corrected chi connectivity index (χ3v) is 1.65. The molecule has 0 aromatic heterocycles. The van der Waals surface area contributed by atoms with Crippen LogP contribution in [0.3, 0.4) is 0 Å². The lowest BCUT2D eigenvalue weighted by Crippen LogP contribution is -2.26. The van der Waals surface area contributed by atoms with E-state index in [1.807, 2.05) is 0 Å². The van der Waals surface area contributed by atoms with Crippen molar-refractivity contribution in [2.24, 2.45) is 0 Å². The van der Waals surface area contributed by atoms with Gasteiger partial charge < -0.3 is 9.64 Å². The van der Waals surface area contributed by atoms with E-state index in [2.05, 4.69) is 0 Å². The maximum atomic E-state index is 10.8. The third kappa shape index (κ3) is 1.85. The van der Waals surface area contributed by atoms with Gasteiger partial charge in [-0.1, -0.05) is 0 Å². The highest BCUT2D eigenvalue weighted by Crippen LogP contribution is 2.01. The van der Waals surface area contributed by atoms with Gasteiger partial charge in [0.25, 0.3) is 0 Å². The molecule has 0 radical (unpaired) electrons. The number of carbonyl (C=O) groups is 1. The van der Waals surface area contributed by atoms with Gasteiger partial charge in [0, 0.05) is 12.4 Å². The number of hydrogen-bond donors (Lipinski definition) is 0. The fourth-order valence-electron chi connectivity index (χ4n) is 0.846. The normalized spacial score (nSPS) is 18.5. The van der Waals surface area contributed by atoms with Crippen molar-refractivity contribution in [2.45, 2.75) is 6.42 Å². The molecule has 1 aliphatic heterocycles. The fraction of sp³-hybridized carbons (Fsp3) is 0.833. The van der Waals surface area contributed by atoms with Gasteiger partial charge in [0.1, 0.15) is 13.3 Å². The van der Waals surface area contributed by atoms with E-state index in [0.717, 1.165) is 13.0 Å². The molecule has 1 rings (SSSR count). The van der Waals surface area contributed by atoms with Crippen molar-refractivity contribution in [2.75, 3.05) is 25.8 Å². The van der Waals surface area contributed by atoms with Crippen molar-refractivity contribution in [3.8, 4) is 0 Å². The summed E-state index contributed by atoms with van der Waals surface area (Å²) in [6.45, 7) is 1.40. The molecule has 0 bridgehead atoms. The zero-order valence-corrected chi connectivity index (χ0v) is 6.43. The first-order valence-electron chi connectivity index (χ1n) is 3.26. The lowest BCUT2D eigenvalue weighted by atomic mass is 10.4. The lowest BCUT2D eigenvalue weighted by molar-refractivity contribution is -0.126. The van der Waals surface area contributed by atoms with E-state index in [1.165, 1.54) is 0 Å². The quantitative estimate of drug-likeness (QED) is 0.565. The van der Waals surface area contributed by atoms with Gasteiger partial charge in [-0.3, -0.25) is 4.79 Å². The Kier molecular flexibility index (Phi) is 2.96. The van der Waals surface area contributed by atoms with Gasteiger partial charge in [-0.2, -0.15) is 0 Å². The number of ether oxygens (including phenoxy) is 1. The van der Waals surface area contributed by atoms with Crippen LogP contribution < -0.4 is 0 Å². The summed E-state index contributed by atoms with van der Waals surface area (Å²) in [5.41, 5.74) is 0. The van der Waals surface area contributed by atoms with E-state index in [1.54, 1.807) is 4.90 Å². The first-order valence-corrected chi connectivity index (χ1v) is 3.79. The fourth-order valence-corrected chi connectivity index (χ4v) is 0.966. The summed E-state index contributed by atoms with van der Waals surface area (Å²) in [5, 5.41) is 0. The Morgan fingerprint density at radius 3 is 3.00 bits per heavy atom. The van der Waals surface area contributed by atoms with Gasteiger partial charge in [-0.25, -0.2) is 0 Å². The maximum absolute atomic E-state index is 10.8. The molecular formula is C6H10ClNO2. The van der Waals surface area contributed by atoms with Gasteiger partial charge >= 0.3 is 0 Å². The minimum Gasteiger partial charge on any atom is -0.351 e. The second-order valence-corrected chi connectivity index (χ2v) is 2.56. The molecule has 0 aromatic carbocycles. The first kappa shape index (κ1) is 7.82. The van der Waals surface area contributed by atoms with Crippen LogP contribution in [-0.2, 0) is 9.53 Å². The van der Waals surface area contributed by atoms with Crippen molar-refractivity contribution in [3.05, 3.63) is 0 Å². The Labute approximate surface area is 64.9 Å². The SMILES string of the molecule is O=C1COCN1CCCCl. The summed E-state index contributed by atoms with van der Waals surface area (Å²) in [5.74, 6) is 0.675. The number of carbonyl (C=O) groups excluding carboxylic acids is 1. The molecule has 0 spiro atoms. The summed E-state index contributed by atoms with van der Waals surface area (Å²) in [6, 6.07) is 0. The highest BCUT2D eigenvalue weighted by Gasteiger charge is 2.19. The third-order valence-electron chi connectivity index (χ3n) is 1.39. The van der Waals surface area contributed by atoms with E-state index < -0.39 is 0 Å². The average molecular weight is 164 g/mol. The minimum absolute atomic E-state index is 0.0742. The molecule has 0 aliphatic carbocycles. The van der Waals surface area contributed by atoms with Gasteiger partial charge in [0.2, 0.25) is 5.91 Å². The molecule has 1 heterocycles. The molecule has 58 valence electrons. The molecule has 0 atom stereocenters. The van der Waals surface area contributed by atoms with Crippen LogP contribution in [0.2, 0.25) is 0 Å². The summed E-state index contributed by atoms with van der Waals surface area (Å²) < 4.78 is 4.90. The van der Waals surface area contributed by atoms with Crippen molar-refractivity contribution < 1.29 is 9.53 Å². The monoisotopic (exact) mass is 163 g/mol. The van der Waals surface area contributed by atoms with Crippen LogP contribution in [0.25, 0.3) is 0 Å². The second-order valence-electron chi connectivity index (χ2n) is 2.18. The molecule has 0 saturated carbocycles. The molecule has 0 unspecified atom stereocenters. The molecular weight excluding hydrogens is 154 g/mol. The number of rotatable bonds is 3. The molecule has 1 amide bonds. The molecule has 1 aliphatic rings. The predicted molar refractivity (Wildman–Crippen MR) is 37.9 cm³/mol. The van der Waals surface area contributed by atoms with Crippen LogP contribution in [0.15, 0.2) is 0 Å². The number of hydrogen-bond acceptors (Lipinski definition) is 2. The van der Waals surface area contributed by atoms with Gasteiger partial charge in [-0.15, -0.1) is 11.6 Å². The van der Waals surface area contributed by atoms with Crippen LogP contribution in [-0.4, -0.2) is 36.6 Å². The Balaban J connectivity index is 2.20. The smallest absolute Gasteiger partial charge is 0.250 e. The van der Waals surface area contributed by atoms with E-state index >= 15 is 0 Å². The van der Waals surface area contributed by atoms with E-state index in [9.17, 15) is 4.79 Å². The number of alkyl halides is 1.